The van der Waals surface area contributed by atoms with Crippen LogP contribution in [0.4, 0.5) is 20.2 Å². The summed E-state index contributed by atoms with van der Waals surface area (Å²) in [6.07, 6.45) is 2.16. The van der Waals surface area contributed by atoms with Gasteiger partial charge in [-0.25, -0.2) is 13.8 Å². The topological polar surface area (TPSA) is 133 Å². The number of carbonyl (C=O) groups excluding carboxylic acids is 3. The second-order valence-electron chi connectivity index (χ2n) is 12.0. The van der Waals surface area contributed by atoms with Gasteiger partial charge in [0.1, 0.15) is 17.0 Å². The van der Waals surface area contributed by atoms with Crippen LogP contribution in [0.15, 0.2) is 79.0 Å². The molecule has 2 aromatic heterocycles. The first-order valence-corrected chi connectivity index (χ1v) is 15.5. The number of hydrogen-bond donors (Lipinski definition) is 3. The highest BCUT2D eigenvalue weighted by Crippen LogP contribution is 2.47. The summed E-state index contributed by atoms with van der Waals surface area (Å²) in [6.45, 7) is 3.01. The van der Waals surface area contributed by atoms with Crippen molar-refractivity contribution in [3.05, 3.63) is 96.2 Å². The fraction of sp³-hybridized carbons (Fsp3) is 0.229. The Morgan fingerprint density at radius 2 is 1.50 bits per heavy atom. The Morgan fingerprint density at radius 3 is 2.17 bits per heavy atom. The number of nitrogens with zero attached hydrogens (tertiary/aromatic N) is 4. The third-order valence-electron chi connectivity index (χ3n) is 8.76. The van der Waals surface area contributed by atoms with E-state index in [-0.39, 0.29) is 17.3 Å². The fourth-order valence-electron chi connectivity index (χ4n) is 5.68. The minimum Gasteiger partial charge on any atom is -0.453 e. The quantitative estimate of drug-likeness (QED) is 0.190. The standard InChI is InChI=1S/C35H31F2N7O4/c1-43-16-18-44(19-17-43)32(45)22-4-2-21(3-5-22)30-29-28(12-15-38-31(29)42-41-30)48-27-11-10-25(20-26(27)37)40-34(47)35(13-14-35)33(46)39-24-8-6-23(36)7-9-24/h2-12,15,20H,13-14,16-19H2,1H3,(H,39,46)(H,40,47)(H,38,41,42). The van der Waals surface area contributed by atoms with Crippen LogP contribution in [0.1, 0.15) is 23.2 Å². The van der Waals surface area contributed by atoms with Crippen LogP contribution in [0.5, 0.6) is 11.5 Å². The molecular weight excluding hydrogens is 620 g/mol. The largest absolute Gasteiger partial charge is 0.453 e. The summed E-state index contributed by atoms with van der Waals surface area (Å²) in [4.78, 5) is 47.3. The Hall–Kier alpha value is -5.69. The SMILES string of the molecule is CN1CCN(C(=O)c2ccc(-c3[nH]nc4nccc(Oc5ccc(NC(=O)C6(C(=O)Nc7ccc(F)cc7)CC6)cc5F)c34)cc2)CC1. The third kappa shape index (κ3) is 6.07. The van der Waals surface area contributed by atoms with E-state index in [2.05, 4.69) is 30.7 Å². The number of carbonyl (C=O) groups is 3. The van der Waals surface area contributed by atoms with Gasteiger partial charge in [0.25, 0.3) is 5.91 Å². The number of fused-ring (bicyclic) bond motifs is 1. The van der Waals surface area contributed by atoms with Crippen molar-refractivity contribution in [1.29, 1.82) is 0 Å². The lowest BCUT2D eigenvalue weighted by atomic mass is 10.0. The number of benzene rings is 3. The summed E-state index contributed by atoms with van der Waals surface area (Å²) >= 11 is 0. The van der Waals surface area contributed by atoms with Gasteiger partial charge in [-0.15, -0.1) is 0 Å². The van der Waals surface area contributed by atoms with Crippen LogP contribution >= 0.6 is 0 Å². The third-order valence-corrected chi connectivity index (χ3v) is 8.76. The molecule has 0 spiro atoms. The van der Waals surface area contributed by atoms with E-state index >= 15 is 4.39 Å². The molecule has 3 aromatic carbocycles. The predicted octanol–water partition coefficient (Wildman–Crippen LogP) is 5.44. The molecule has 11 nitrogen and oxygen atoms in total. The maximum absolute atomic E-state index is 15.4. The minimum atomic E-state index is -1.30. The number of ether oxygens (including phenoxy) is 1. The van der Waals surface area contributed by atoms with E-state index in [0.717, 1.165) is 24.7 Å². The van der Waals surface area contributed by atoms with E-state index in [9.17, 15) is 18.8 Å². The molecule has 13 heteroatoms. The van der Waals surface area contributed by atoms with Gasteiger partial charge in [0, 0.05) is 60.9 Å². The lowest BCUT2D eigenvalue weighted by Gasteiger charge is -2.32. The minimum absolute atomic E-state index is 0.0227. The molecule has 2 aliphatic rings. The highest BCUT2D eigenvalue weighted by Gasteiger charge is 2.56. The predicted molar refractivity (Wildman–Crippen MR) is 175 cm³/mol. The van der Waals surface area contributed by atoms with E-state index in [1.807, 2.05) is 24.1 Å². The summed E-state index contributed by atoms with van der Waals surface area (Å²) in [5.41, 5.74) is 1.49. The number of piperazine rings is 1. The van der Waals surface area contributed by atoms with Crippen LogP contribution in [0.25, 0.3) is 22.3 Å². The molecule has 5 aromatic rings. The fourth-order valence-corrected chi connectivity index (χ4v) is 5.68. The number of rotatable bonds is 8. The Labute approximate surface area is 273 Å². The second-order valence-corrected chi connectivity index (χ2v) is 12.0. The molecule has 7 rings (SSSR count). The lowest BCUT2D eigenvalue weighted by molar-refractivity contribution is -0.131. The first-order valence-electron chi connectivity index (χ1n) is 15.5. The maximum atomic E-state index is 15.4. The van der Waals surface area contributed by atoms with Crippen LogP contribution < -0.4 is 15.4 Å². The van der Waals surface area contributed by atoms with Crippen LogP contribution in [0.3, 0.4) is 0 Å². The number of hydrogen-bond acceptors (Lipinski definition) is 7. The van der Waals surface area contributed by atoms with Gasteiger partial charge in [-0.1, -0.05) is 12.1 Å². The Kier molecular flexibility index (Phi) is 8.05. The molecular formula is C35H31F2N7O4. The van der Waals surface area contributed by atoms with Crippen molar-refractivity contribution in [2.24, 2.45) is 5.41 Å². The lowest BCUT2D eigenvalue weighted by Crippen LogP contribution is -2.47. The van der Waals surface area contributed by atoms with Crippen molar-refractivity contribution in [2.45, 2.75) is 12.8 Å². The van der Waals surface area contributed by atoms with Gasteiger partial charge in [0.2, 0.25) is 11.8 Å². The molecule has 2 fully saturated rings. The van der Waals surface area contributed by atoms with Gasteiger partial charge in [0.15, 0.2) is 17.2 Å². The first-order chi connectivity index (χ1) is 23.2. The number of halogens is 2. The molecule has 1 saturated heterocycles. The van der Waals surface area contributed by atoms with E-state index < -0.39 is 28.9 Å². The summed E-state index contributed by atoms with van der Waals surface area (Å²) in [5.74, 6) is -2.09. The van der Waals surface area contributed by atoms with Gasteiger partial charge in [-0.2, -0.15) is 5.10 Å². The molecule has 0 radical (unpaired) electrons. The number of likely N-dealkylation sites (N-methyl/N-ethyl adjacent to an activating group) is 1. The number of amides is 3. The van der Waals surface area contributed by atoms with Gasteiger partial charge in [-0.3, -0.25) is 19.5 Å². The molecule has 1 aliphatic carbocycles. The summed E-state index contributed by atoms with van der Waals surface area (Å²) in [7, 11) is 2.04. The summed E-state index contributed by atoms with van der Waals surface area (Å²) in [6, 6.07) is 18.0. The Bertz CT molecular complexity index is 2020. The smallest absolute Gasteiger partial charge is 0.253 e. The monoisotopic (exact) mass is 651 g/mol. The average Bonchev–Trinajstić information content (AvgIpc) is 3.80. The first kappa shape index (κ1) is 30.9. The Balaban J connectivity index is 1.05. The van der Waals surface area contributed by atoms with E-state index in [1.54, 1.807) is 18.2 Å². The molecule has 0 atom stereocenters. The van der Waals surface area contributed by atoms with E-state index in [4.69, 9.17) is 4.74 Å². The van der Waals surface area contributed by atoms with Crippen molar-refractivity contribution in [1.82, 2.24) is 25.0 Å². The van der Waals surface area contributed by atoms with E-state index in [0.29, 0.717) is 59.7 Å². The maximum Gasteiger partial charge on any atom is 0.253 e. The molecule has 3 N–H and O–H groups in total. The molecule has 1 aliphatic heterocycles. The number of nitrogens with one attached hydrogen (secondary N) is 3. The molecule has 0 unspecified atom stereocenters. The molecule has 1 saturated carbocycles. The number of H-pyrrole nitrogens is 1. The zero-order valence-corrected chi connectivity index (χ0v) is 25.9. The molecule has 0 bridgehead atoms. The zero-order chi connectivity index (χ0) is 33.4. The van der Waals surface area contributed by atoms with Gasteiger partial charge < -0.3 is 25.2 Å². The normalized spacial score (nSPS) is 15.6. The van der Waals surface area contributed by atoms with Crippen LogP contribution in [0, 0.1) is 17.0 Å². The number of anilines is 2. The second kappa shape index (κ2) is 12.5. The van der Waals surface area contributed by atoms with Crippen molar-refractivity contribution in [3.8, 4) is 22.8 Å². The van der Waals surface area contributed by atoms with Crippen molar-refractivity contribution >= 4 is 40.1 Å². The van der Waals surface area contributed by atoms with Crippen molar-refractivity contribution in [2.75, 3.05) is 43.9 Å². The van der Waals surface area contributed by atoms with Gasteiger partial charge in [-0.05, 0) is 74.5 Å². The average molecular weight is 652 g/mol. The number of pyridine rings is 1. The summed E-state index contributed by atoms with van der Waals surface area (Å²) in [5, 5.41) is 13.1. The van der Waals surface area contributed by atoms with Gasteiger partial charge >= 0.3 is 0 Å². The van der Waals surface area contributed by atoms with Crippen LogP contribution in [-0.4, -0.2) is 75.9 Å². The zero-order valence-electron chi connectivity index (χ0n) is 25.9. The number of aromatic amines is 1. The van der Waals surface area contributed by atoms with Crippen molar-refractivity contribution in [3.63, 3.8) is 0 Å². The molecule has 3 amide bonds. The summed E-state index contributed by atoms with van der Waals surface area (Å²) < 4.78 is 34.6. The van der Waals surface area contributed by atoms with E-state index in [1.165, 1.54) is 42.6 Å². The molecule has 244 valence electrons. The molecule has 48 heavy (non-hydrogen) atoms. The number of aromatic nitrogens is 3. The van der Waals surface area contributed by atoms with Crippen LogP contribution in [0.2, 0.25) is 0 Å². The highest BCUT2D eigenvalue weighted by molar-refractivity contribution is 6.17. The Morgan fingerprint density at radius 1 is 0.833 bits per heavy atom. The molecule has 3 heterocycles. The van der Waals surface area contributed by atoms with Crippen molar-refractivity contribution < 1.29 is 27.9 Å². The van der Waals surface area contributed by atoms with Crippen LogP contribution in [-0.2, 0) is 9.59 Å². The highest BCUT2D eigenvalue weighted by atomic mass is 19.1. The van der Waals surface area contributed by atoms with Gasteiger partial charge in [0.05, 0.1) is 11.1 Å².